The Balaban J connectivity index is 0.00000342. The third-order valence-corrected chi connectivity index (χ3v) is 10.8. The summed E-state index contributed by atoms with van der Waals surface area (Å²) >= 11 is 0. The molecule has 0 spiro atoms. The number of carbonyl (C=O) groups excluding carboxylic acids is 3. The number of hydrogen-bond acceptors (Lipinski definition) is 5. The molecule has 1 unspecified atom stereocenters. The van der Waals surface area contributed by atoms with Crippen molar-refractivity contribution in [3.8, 4) is 0 Å². The van der Waals surface area contributed by atoms with E-state index in [1.165, 1.54) is 32.1 Å². The van der Waals surface area contributed by atoms with Crippen molar-refractivity contribution in [3.05, 3.63) is 0 Å². The van der Waals surface area contributed by atoms with E-state index in [1.54, 1.807) is 6.92 Å². The highest BCUT2D eigenvalue weighted by molar-refractivity contribution is 5.86. The average molecular weight is 511 g/mol. The van der Waals surface area contributed by atoms with E-state index in [0.29, 0.717) is 23.0 Å². The molecule has 0 saturated heterocycles. The van der Waals surface area contributed by atoms with E-state index in [2.05, 4.69) is 19.2 Å². The number of carbonyl (C=O) groups is 3. The Kier molecular flexibility index (Phi) is 8.68. The molecule has 7 heteroatoms. The molecule has 4 aliphatic carbocycles. The fraction of sp³-hybridized carbons (Fsp3) is 0.893. The summed E-state index contributed by atoms with van der Waals surface area (Å²) in [5.41, 5.74) is 5.92. The summed E-state index contributed by atoms with van der Waals surface area (Å²) in [5.74, 6) is 2.67. The van der Waals surface area contributed by atoms with Gasteiger partial charge in [-0.3, -0.25) is 9.59 Å². The predicted molar refractivity (Wildman–Crippen MR) is 139 cm³/mol. The van der Waals surface area contributed by atoms with Crippen molar-refractivity contribution in [3.63, 3.8) is 0 Å². The first kappa shape index (κ1) is 28.4. The van der Waals surface area contributed by atoms with E-state index in [9.17, 15) is 14.4 Å². The van der Waals surface area contributed by atoms with Gasteiger partial charge in [0.05, 0.1) is 6.54 Å². The van der Waals surface area contributed by atoms with Gasteiger partial charge in [0.1, 0.15) is 17.9 Å². The summed E-state index contributed by atoms with van der Waals surface area (Å²) in [4.78, 5) is 37.1. The summed E-state index contributed by atoms with van der Waals surface area (Å²) in [7, 11) is 0. The van der Waals surface area contributed by atoms with Crippen LogP contribution in [0.25, 0.3) is 0 Å². The van der Waals surface area contributed by atoms with Crippen molar-refractivity contribution in [1.82, 2.24) is 5.32 Å². The van der Waals surface area contributed by atoms with Gasteiger partial charge in [-0.25, -0.2) is 4.79 Å². The normalized spacial score (nSPS) is 41.0. The van der Waals surface area contributed by atoms with Crippen LogP contribution in [0.1, 0.15) is 92.4 Å². The molecule has 0 aliphatic heterocycles. The van der Waals surface area contributed by atoms with Crippen LogP contribution in [0.15, 0.2) is 0 Å². The third kappa shape index (κ3) is 5.03. The van der Waals surface area contributed by atoms with E-state index in [4.69, 9.17) is 10.5 Å². The van der Waals surface area contributed by atoms with Gasteiger partial charge in [-0.05, 0) is 105 Å². The van der Waals surface area contributed by atoms with Crippen LogP contribution in [0.2, 0.25) is 0 Å². The monoisotopic (exact) mass is 510 g/mol. The number of ether oxygens (including phenoxy) is 1. The lowest BCUT2D eigenvalue weighted by Gasteiger charge is -2.61. The van der Waals surface area contributed by atoms with Crippen LogP contribution in [0.4, 0.5) is 0 Å². The molecule has 35 heavy (non-hydrogen) atoms. The zero-order valence-corrected chi connectivity index (χ0v) is 23.1. The summed E-state index contributed by atoms with van der Waals surface area (Å²) in [6.45, 7) is 10.4. The molecule has 0 bridgehead atoms. The second-order valence-corrected chi connectivity index (χ2v) is 12.8. The highest BCUT2D eigenvalue weighted by atomic mass is 35.5. The van der Waals surface area contributed by atoms with Crippen LogP contribution in [-0.2, 0) is 19.1 Å². The number of amides is 1. The molecule has 4 fully saturated rings. The van der Waals surface area contributed by atoms with Crippen LogP contribution >= 0.6 is 12.4 Å². The van der Waals surface area contributed by atoms with Crippen LogP contribution in [0.5, 0.6) is 0 Å². The fourth-order valence-corrected chi connectivity index (χ4v) is 8.96. The zero-order chi connectivity index (χ0) is 24.8. The minimum Gasteiger partial charge on any atom is -0.461 e. The molecule has 1 amide bonds. The quantitative estimate of drug-likeness (QED) is 0.506. The fourth-order valence-electron chi connectivity index (χ4n) is 8.96. The molecule has 0 aromatic rings. The van der Waals surface area contributed by atoms with Crippen molar-refractivity contribution in [2.24, 2.45) is 52.1 Å². The number of nitrogens with two attached hydrogens (primary N) is 1. The first-order valence-electron chi connectivity index (χ1n) is 13.7. The number of nitrogens with one attached hydrogen (secondary N) is 1. The standard InChI is InChI=1S/C28H46N2O4.ClH/c1-16(2)25(30-24(32)15-29)26(33)34-19-10-12-27(4)18(14-19)6-7-20-22-9-8-21(17(3)31)28(22,5)13-11-23(20)27;/h16,18-23,25H,6-15,29H2,1-5H3,(H,30,32);1H/t18-,19+,20-,21+,22-,23-,25?,27-,28+;/m0./s1. The Labute approximate surface area is 217 Å². The van der Waals surface area contributed by atoms with Crippen molar-refractivity contribution >= 4 is 30.1 Å². The van der Waals surface area contributed by atoms with E-state index in [-0.39, 0.29) is 54.2 Å². The molecule has 4 saturated carbocycles. The molecule has 4 aliphatic rings. The minimum atomic E-state index is -0.646. The molecule has 0 aromatic carbocycles. The van der Waals surface area contributed by atoms with Crippen molar-refractivity contribution in [2.45, 2.75) is 105 Å². The molecule has 4 rings (SSSR count). The van der Waals surface area contributed by atoms with Gasteiger partial charge >= 0.3 is 5.97 Å². The van der Waals surface area contributed by atoms with Gasteiger partial charge in [-0.2, -0.15) is 0 Å². The van der Waals surface area contributed by atoms with Crippen LogP contribution in [0, 0.1) is 46.3 Å². The average Bonchev–Trinajstić information content (AvgIpc) is 3.14. The number of fused-ring (bicyclic) bond motifs is 5. The number of esters is 1. The smallest absolute Gasteiger partial charge is 0.329 e. The molecular weight excluding hydrogens is 464 g/mol. The first-order chi connectivity index (χ1) is 16.0. The van der Waals surface area contributed by atoms with Crippen LogP contribution < -0.4 is 11.1 Å². The number of rotatable bonds is 6. The predicted octanol–water partition coefficient (Wildman–Crippen LogP) is 4.67. The topological polar surface area (TPSA) is 98.5 Å². The lowest BCUT2D eigenvalue weighted by atomic mass is 9.44. The molecule has 200 valence electrons. The Hall–Kier alpha value is -1.14. The van der Waals surface area contributed by atoms with Crippen LogP contribution in [-0.4, -0.2) is 36.4 Å². The van der Waals surface area contributed by atoms with Crippen molar-refractivity contribution < 1.29 is 19.1 Å². The van der Waals surface area contributed by atoms with Gasteiger partial charge in [0, 0.05) is 5.92 Å². The largest absolute Gasteiger partial charge is 0.461 e. The maximum absolute atomic E-state index is 12.9. The van der Waals surface area contributed by atoms with E-state index >= 15 is 0 Å². The summed E-state index contributed by atoms with van der Waals surface area (Å²) in [5, 5.41) is 2.73. The van der Waals surface area contributed by atoms with Crippen molar-refractivity contribution in [1.29, 1.82) is 0 Å². The lowest BCUT2D eigenvalue weighted by Crippen LogP contribution is -2.55. The third-order valence-electron chi connectivity index (χ3n) is 10.8. The maximum atomic E-state index is 12.9. The molecule has 9 atom stereocenters. The minimum absolute atomic E-state index is 0. The molecule has 6 nitrogen and oxygen atoms in total. The van der Waals surface area contributed by atoms with E-state index in [0.717, 1.165) is 37.5 Å². The molecule has 0 aromatic heterocycles. The number of Topliss-reactive ketones (excluding diaryl/α,β-unsaturated/α-hetero) is 1. The Bertz CT molecular complexity index is 819. The highest BCUT2D eigenvalue weighted by Gasteiger charge is 2.61. The highest BCUT2D eigenvalue weighted by Crippen LogP contribution is 2.67. The van der Waals surface area contributed by atoms with Gasteiger partial charge in [0.25, 0.3) is 0 Å². The number of halogens is 1. The Morgan fingerprint density at radius 3 is 2.26 bits per heavy atom. The van der Waals surface area contributed by atoms with Gasteiger partial charge in [-0.1, -0.05) is 27.7 Å². The summed E-state index contributed by atoms with van der Waals surface area (Å²) in [6.07, 6.45) is 10.0. The van der Waals surface area contributed by atoms with Gasteiger partial charge in [-0.15, -0.1) is 12.4 Å². The van der Waals surface area contributed by atoms with Crippen molar-refractivity contribution in [2.75, 3.05) is 6.54 Å². The Morgan fingerprint density at radius 2 is 1.63 bits per heavy atom. The van der Waals surface area contributed by atoms with Gasteiger partial charge < -0.3 is 15.8 Å². The second-order valence-electron chi connectivity index (χ2n) is 12.8. The molecule has 0 heterocycles. The molecule has 3 N–H and O–H groups in total. The summed E-state index contributed by atoms with van der Waals surface area (Å²) < 4.78 is 5.98. The summed E-state index contributed by atoms with van der Waals surface area (Å²) in [6, 6.07) is -0.646. The lowest BCUT2D eigenvalue weighted by molar-refractivity contribution is -0.166. The SMILES string of the molecule is CC(=O)[C@H]1CC[C@H]2[C@@H]3CC[C@H]4C[C@H](OC(=O)C(NC(=O)CN)C(C)C)CC[C@]4(C)[C@H]3CC[C@]12C.Cl. The van der Waals surface area contributed by atoms with Crippen LogP contribution in [0.3, 0.4) is 0 Å². The Morgan fingerprint density at radius 1 is 0.971 bits per heavy atom. The number of ketones is 1. The van der Waals surface area contributed by atoms with Gasteiger partial charge in [0.2, 0.25) is 5.91 Å². The van der Waals surface area contributed by atoms with E-state index in [1.807, 2.05) is 13.8 Å². The zero-order valence-electron chi connectivity index (χ0n) is 22.3. The second kappa shape index (κ2) is 10.7. The first-order valence-corrected chi connectivity index (χ1v) is 13.7. The number of hydrogen-bond donors (Lipinski definition) is 2. The van der Waals surface area contributed by atoms with Gasteiger partial charge in [0.15, 0.2) is 0 Å². The molecule has 0 radical (unpaired) electrons. The maximum Gasteiger partial charge on any atom is 0.329 e. The molecular formula is C28H47ClN2O4. The van der Waals surface area contributed by atoms with E-state index < -0.39 is 6.04 Å².